The van der Waals surface area contributed by atoms with E-state index in [1.165, 1.54) is 11.0 Å². The van der Waals surface area contributed by atoms with Gasteiger partial charge in [0.1, 0.15) is 11.3 Å². The first-order chi connectivity index (χ1) is 16.4. The summed E-state index contributed by atoms with van der Waals surface area (Å²) in [7, 11) is 0. The van der Waals surface area contributed by atoms with E-state index in [9.17, 15) is 24.9 Å². The molecule has 2 aromatic carbocycles. The number of hydrogen-bond donors (Lipinski definition) is 5. The van der Waals surface area contributed by atoms with Gasteiger partial charge in [0.25, 0.3) is 0 Å². The van der Waals surface area contributed by atoms with Crippen molar-refractivity contribution in [2.75, 3.05) is 37.7 Å². The molecule has 0 spiro atoms. The lowest BCUT2D eigenvalue weighted by molar-refractivity contribution is 0.146. The molecule has 0 fully saturated rings. The number of carboxylic acid groups (broad SMARTS) is 1. The van der Waals surface area contributed by atoms with E-state index < -0.39 is 12.2 Å². The van der Waals surface area contributed by atoms with Crippen LogP contribution in [0.3, 0.4) is 0 Å². The third kappa shape index (κ3) is 7.23. The van der Waals surface area contributed by atoms with Gasteiger partial charge in [-0.05, 0) is 36.3 Å². The number of aliphatic hydroxyl groups is 1. The number of hydrogen-bond acceptors (Lipinski definition) is 7. The number of aromatic amines is 1. The van der Waals surface area contributed by atoms with Crippen LogP contribution in [0.4, 0.5) is 4.79 Å². The SMILES string of the molecule is C[C@@H](CN(CCSCCCNC[C@H](O)c1ccc(O)c2[nH]c(=O)sc12)C(=O)O)c1ccccc1. The fourth-order valence-corrected chi connectivity index (χ4v) is 5.53. The van der Waals surface area contributed by atoms with Gasteiger partial charge in [-0.15, -0.1) is 0 Å². The van der Waals surface area contributed by atoms with Gasteiger partial charge in [-0.3, -0.25) is 4.79 Å². The van der Waals surface area contributed by atoms with Gasteiger partial charge in [0.2, 0.25) is 0 Å². The monoisotopic (exact) mass is 505 g/mol. The van der Waals surface area contributed by atoms with Crippen LogP contribution in [0.1, 0.15) is 36.5 Å². The Hall–Kier alpha value is -2.53. The maximum atomic E-state index is 11.6. The molecule has 10 heteroatoms. The molecule has 0 aliphatic heterocycles. The Bertz CT molecular complexity index is 1120. The minimum atomic E-state index is -0.894. The van der Waals surface area contributed by atoms with E-state index in [4.69, 9.17) is 0 Å². The summed E-state index contributed by atoms with van der Waals surface area (Å²) in [6.45, 7) is 4.04. The Balaban J connectivity index is 1.33. The molecule has 1 aromatic heterocycles. The van der Waals surface area contributed by atoms with Crippen LogP contribution in [0, 0.1) is 0 Å². The average molecular weight is 506 g/mol. The minimum absolute atomic E-state index is 0.00901. The fraction of sp³-hybridized carbons (Fsp3) is 0.417. The molecule has 34 heavy (non-hydrogen) atoms. The predicted octanol–water partition coefficient (Wildman–Crippen LogP) is 3.83. The Morgan fingerprint density at radius 2 is 1.97 bits per heavy atom. The number of amides is 1. The lowest BCUT2D eigenvalue weighted by atomic mass is 10.0. The molecule has 0 unspecified atom stereocenters. The van der Waals surface area contributed by atoms with Crippen molar-refractivity contribution >= 4 is 39.4 Å². The number of phenolic OH excluding ortho intramolecular Hbond substituents is 1. The van der Waals surface area contributed by atoms with Crippen LogP contribution in [-0.2, 0) is 0 Å². The quantitative estimate of drug-likeness (QED) is 0.224. The molecule has 3 aromatic rings. The highest BCUT2D eigenvalue weighted by Crippen LogP contribution is 2.31. The Morgan fingerprint density at radius 3 is 2.71 bits per heavy atom. The minimum Gasteiger partial charge on any atom is -0.506 e. The molecule has 2 atom stereocenters. The lowest BCUT2D eigenvalue weighted by Crippen LogP contribution is -2.34. The molecular formula is C24H31N3O5S2. The van der Waals surface area contributed by atoms with Gasteiger partial charge < -0.3 is 30.5 Å². The van der Waals surface area contributed by atoms with Gasteiger partial charge >= 0.3 is 11.0 Å². The maximum Gasteiger partial charge on any atom is 0.407 e. The number of thiazole rings is 1. The summed E-state index contributed by atoms with van der Waals surface area (Å²) in [6.07, 6.45) is -0.805. The van der Waals surface area contributed by atoms with Crippen molar-refractivity contribution in [2.24, 2.45) is 0 Å². The number of thioether (sulfide) groups is 1. The number of nitrogens with one attached hydrogen (secondary N) is 2. The van der Waals surface area contributed by atoms with E-state index in [0.717, 1.165) is 34.8 Å². The number of benzene rings is 2. The number of phenols is 1. The molecule has 0 saturated carbocycles. The van der Waals surface area contributed by atoms with Crippen molar-refractivity contribution < 1.29 is 20.1 Å². The first-order valence-electron chi connectivity index (χ1n) is 11.2. The molecule has 0 aliphatic rings. The second-order valence-electron chi connectivity index (χ2n) is 8.12. The van der Waals surface area contributed by atoms with E-state index in [-0.39, 0.29) is 16.5 Å². The number of nitrogens with zero attached hydrogens (tertiary/aromatic N) is 1. The molecule has 8 nitrogen and oxygen atoms in total. The van der Waals surface area contributed by atoms with E-state index in [1.807, 2.05) is 37.3 Å². The third-order valence-corrected chi connectivity index (χ3v) is 7.55. The highest BCUT2D eigenvalue weighted by molar-refractivity contribution is 7.99. The summed E-state index contributed by atoms with van der Waals surface area (Å²) in [5.41, 5.74) is 2.10. The van der Waals surface area contributed by atoms with Crippen LogP contribution < -0.4 is 10.2 Å². The van der Waals surface area contributed by atoms with Crippen molar-refractivity contribution in [1.29, 1.82) is 0 Å². The number of H-pyrrole nitrogens is 1. The number of carbonyl (C=O) groups is 1. The third-order valence-electron chi connectivity index (χ3n) is 5.57. The Labute approximate surface area is 206 Å². The zero-order valence-corrected chi connectivity index (χ0v) is 20.7. The van der Waals surface area contributed by atoms with Crippen LogP contribution in [0.15, 0.2) is 47.3 Å². The van der Waals surface area contributed by atoms with Crippen molar-refractivity contribution in [2.45, 2.75) is 25.4 Å². The average Bonchev–Trinajstić information content (AvgIpc) is 3.22. The number of fused-ring (bicyclic) bond motifs is 1. The molecule has 3 rings (SSSR count). The van der Waals surface area contributed by atoms with E-state index in [1.54, 1.807) is 17.8 Å². The molecule has 5 N–H and O–H groups in total. The van der Waals surface area contributed by atoms with Crippen LogP contribution in [0.2, 0.25) is 0 Å². The van der Waals surface area contributed by atoms with Gasteiger partial charge in [0, 0.05) is 31.0 Å². The van der Waals surface area contributed by atoms with Gasteiger partial charge in [-0.25, -0.2) is 4.79 Å². The Morgan fingerprint density at radius 1 is 1.21 bits per heavy atom. The number of aromatic hydroxyl groups is 1. The van der Waals surface area contributed by atoms with E-state index in [0.29, 0.717) is 42.0 Å². The molecule has 0 radical (unpaired) electrons. The topological polar surface area (TPSA) is 126 Å². The lowest BCUT2D eigenvalue weighted by Gasteiger charge is -2.23. The molecule has 0 aliphatic carbocycles. The van der Waals surface area contributed by atoms with Crippen LogP contribution in [-0.4, -0.2) is 69.0 Å². The van der Waals surface area contributed by atoms with Crippen LogP contribution >= 0.6 is 23.1 Å². The first kappa shape index (κ1) is 26.1. The van der Waals surface area contributed by atoms with Gasteiger partial charge in [0.15, 0.2) is 0 Å². The van der Waals surface area contributed by atoms with E-state index >= 15 is 0 Å². The normalized spacial score (nSPS) is 13.1. The molecule has 1 amide bonds. The zero-order valence-electron chi connectivity index (χ0n) is 19.1. The fourth-order valence-electron chi connectivity index (χ4n) is 3.71. The maximum absolute atomic E-state index is 11.6. The standard InChI is InChI=1S/C24H31N3O5S2/c1-16(17-6-3-2-4-7-17)15-27(24(31)32)11-13-33-12-5-10-25-14-20(29)18-8-9-19(28)21-22(18)34-23(30)26-21/h2-4,6-9,16,20,25,28-29H,5,10-15H2,1H3,(H,26,30)(H,31,32)/t16-,20-/m0/s1. The number of aliphatic hydroxyl groups excluding tert-OH is 1. The summed E-state index contributed by atoms with van der Waals surface area (Å²) in [4.78, 5) is 27.0. The predicted molar refractivity (Wildman–Crippen MR) is 138 cm³/mol. The zero-order chi connectivity index (χ0) is 24.5. The molecule has 1 heterocycles. The Kier molecular flexibility index (Phi) is 9.82. The molecule has 0 saturated heterocycles. The smallest absolute Gasteiger partial charge is 0.407 e. The molecule has 184 valence electrons. The van der Waals surface area contributed by atoms with Crippen LogP contribution in [0.25, 0.3) is 10.2 Å². The van der Waals surface area contributed by atoms with Crippen molar-refractivity contribution in [3.05, 3.63) is 63.3 Å². The van der Waals surface area contributed by atoms with Gasteiger partial charge in [0.05, 0.1) is 10.8 Å². The van der Waals surface area contributed by atoms with Crippen molar-refractivity contribution in [3.63, 3.8) is 0 Å². The summed E-state index contributed by atoms with van der Waals surface area (Å²) in [5.74, 6) is 1.74. The number of aromatic nitrogens is 1. The summed E-state index contributed by atoms with van der Waals surface area (Å²) in [6, 6.07) is 13.0. The summed E-state index contributed by atoms with van der Waals surface area (Å²) >= 11 is 2.68. The van der Waals surface area contributed by atoms with Gasteiger partial charge in [-0.1, -0.05) is 54.7 Å². The second kappa shape index (κ2) is 12.8. The highest BCUT2D eigenvalue weighted by Gasteiger charge is 2.17. The van der Waals surface area contributed by atoms with Crippen molar-refractivity contribution in [1.82, 2.24) is 15.2 Å². The number of rotatable bonds is 13. The van der Waals surface area contributed by atoms with E-state index in [2.05, 4.69) is 10.3 Å². The van der Waals surface area contributed by atoms with Gasteiger partial charge in [-0.2, -0.15) is 11.8 Å². The molecular weight excluding hydrogens is 474 g/mol. The molecule has 0 bridgehead atoms. The largest absolute Gasteiger partial charge is 0.506 e. The first-order valence-corrected chi connectivity index (χ1v) is 13.2. The summed E-state index contributed by atoms with van der Waals surface area (Å²) in [5, 5.41) is 33.1. The van der Waals surface area contributed by atoms with Crippen molar-refractivity contribution in [3.8, 4) is 5.75 Å². The summed E-state index contributed by atoms with van der Waals surface area (Å²) < 4.78 is 0.569. The van der Waals surface area contributed by atoms with Crippen LogP contribution in [0.5, 0.6) is 5.75 Å². The highest BCUT2D eigenvalue weighted by atomic mass is 32.2. The second-order valence-corrected chi connectivity index (χ2v) is 10.3.